The quantitative estimate of drug-likeness (QED) is 0.808. The van der Waals surface area contributed by atoms with Crippen molar-refractivity contribution in [1.29, 1.82) is 0 Å². The van der Waals surface area contributed by atoms with Crippen molar-refractivity contribution < 1.29 is 9.18 Å². The number of benzene rings is 1. The largest absolute Gasteiger partial charge is 0.389 e. The Morgan fingerprint density at radius 2 is 2.31 bits per heavy atom. The summed E-state index contributed by atoms with van der Waals surface area (Å²) in [4.78, 5) is 11.3. The topological polar surface area (TPSA) is 55.1 Å². The van der Waals surface area contributed by atoms with E-state index in [4.69, 9.17) is 18.0 Å². The van der Waals surface area contributed by atoms with Gasteiger partial charge in [-0.1, -0.05) is 18.3 Å². The Morgan fingerprint density at radius 3 is 2.88 bits per heavy atom. The highest BCUT2D eigenvalue weighted by Gasteiger charge is 2.12. The first-order valence-corrected chi connectivity index (χ1v) is 6.23. The normalized spacial score (nSPS) is 9.88. The fourth-order valence-corrected chi connectivity index (χ4v) is 1.74. The number of carbonyl (C=O) groups excluding carboxylic acids is 1. The summed E-state index contributed by atoms with van der Waals surface area (Å²) in [6, 6.07) is 4.31. The van der Waals surface area contributed by atoms with Gasteiger partial charge < -0.3 is 11.1 Å². The van der Waals surface area contributed by atoms with Gasteiger partial charge in [-0.15, -0.1) is 0 Å². The molecule has 0 radical (unpaired) electrons. The van der Waals surface area contributed by atoms with Gasteiger partial charge in [0, 0.05) is 0 Å². The first-order chi connectivity index (χ1) is 7.56. The molecule has 0 heterocycles. The summed E-state index contributed by atoms with van der Waals surface area (Å²) < 4.78 is 13.4. The lowest BCUT2D eigenvalue weighted by Crippen LogP contribution is -2.20. The van der Waals surface area contributed by atoms with Gasteiger partial charge in [-0.05, 0) is 18.4 Å². The number of thioether (sulfide) groups is 1. The lowest BCUT2D eigenvalue weighted by Gasteiger charge is -2.10. The van der Waals surface area contributed by atoms with Gasteiger partial charge >= 0.3 is 0 Å². The number of anilines is 1. The summed E-state index contributed by atoms with van der Waals surface area (Å²) in [6.07, 6.45) is 1.81. The van der Waals surface area contributed by atoms with E-state index in [1.807, 2.05) is 0 Å². The Bertz CT molecular complexity index is 423. The van der Waals surface area contributed by atoms with Crippen LogP contribution in [0, 0.1) is 5.82 Å². The smallest absolute Gasteiger partial charge is 0.234 e. The van der Waals surface area contributed by atoms with Crippen molar-refractivity contribution in [1.82, 2.24) is 0 Å². The number of thiocarbonyl (C=S) groups is 1. The maximum absolute atomic E-state index is 13.4. The number of hydrogen-bond acceptors (Lipinski definition) is 3. The van der Waals surface area contributed by atoms with Crippen molar-refractivity contribution in [2.24, 2.45) is 5.73 Å². The zero-order chi connectivity index (χ0) is 12.1. The monoisotopic (exact) mass is 258 g/mol. The van der Waals surface area contributed by atoms with Crippen molar-refractivity contribution in [2.45, 2.75) is 0 Å². The second kappa shape index (κ2) is 5.81. The highest BCUT2D eigenvalue weighted by molar-refractivity contribution is 7.99. The van der Waals surface area contributed by atoms with Gasteiger partial charge in [0.2, 0.25) is 5.91 Å². The van der Waals surface area contributed by atoms with Crippen molar-refractivity contribution in [3.8, 4) is 0 Å². The van der Waals surface area contributed by atoms with Crippen molar-refractivity contribution in [3.05, 3.63) is 29.6 Å². The molecule has 3 N–H and O–H groups in total. The third-order valence-electron chi connectivity index (χ3n) is 1.81. The molecule has 0 bridgehead atoms. The molecule has 1 rings (SSSR count). The molecule has 86 valence electrons. The number of rotatable bonds is 4. The van der Waals surface area contributed by atoms with Crippen LogP contribution in [-0.4, -0.2) is 22.9 Å². The third kappa shape index (κ3) is 3.18. The van der Waals surface area contributed by atoms with E-state index in [1.165, 1.54) is 23.9 Å². The van der Waals surface area contributed by atoms with E-state index in [0.717, 1.165) is 0 Å². The zero-order valence-corrected chi connectivity index (χ0v) is 10.3. The summed E-state index contributed by atoms with van der Waals surface area (Å²) >= 11 is 6.11. The van der Waals surface area contributed by atoms with Gasteiger partial charge in [0.05, 0.1) is 17.0 Å². The average molecular weight is 258 g/mol. The first kappa shape index (κ1) is 12.9. The second-order valence-electron chi connectivity index (χ2n) is 3.01. The van der Waals surface area contributed by atoms with Crippen molar-refractivity contribution in [3.63, 3.8) is 0 Å². The van der Waals surface area contributed by atoms with Gasteiger partial charge in [-0.3, -0.25) is 4.79 Å². The van der Waals surface area contributed by atoms with Gasteiger partial charge in [-0.25, -0.2) is 4.39 Å². The van der Waals surface area contributed by atoms with Crippen molar-refractivity contribution >= 4 is 40.6 Å². The summed E-state index contributed by atoms with van der Waals surface area (Å²) in [5.41, 5.74) is 5.79. The molecule has 16 heavy (non-hydrogen) atoms. The SMILES string of the molecule is CSCC(=O)Nc1cccc(F)c1C(N)=S. The van der Waals surface area contributed by atoms with E-state index < -0.39 is 5.82 Å². The molecule has 3 nitrogen and oxygen atoms in total. The Balaban J connectivity index is 3.00. The number of carbonyl (C=O) groups is 1. The molecule has 0 aromatic heterocycles. The van der Waals surface area contributed by atoms with Crippen LogP contribution in [0.1, 0.15) is 5.56 Å². The molecular weight excluding hydrogens is 247 g/mol. The van der Waals surface area contributed by atoms with Crippen LogP contribution in [0.5, 0.6) is 0 Å². The second-order valence-corrected chi connectivity index (χ2v) is 4.31. The molecule has 0 aliphatic heterocycles. The number of nitrogens with one attached hydrogen (secondary N) is 1. The maximum atomic E-state index is 13.4. The molecule has 1 aromatic carbocycles. The third-order valence-corrected chi connectivity index (χ3v) is 2.56. The molecule has 0 atom stereocenters. The minimum atomic E-state index is -0.533. The van der Waals surface area contributed by atoms with Crippen LogP contribution < -0.4 is 11.1 Å². The van der Waals surface area contributed by atoms with Crippen LogP contribution in [0.4, 0.5) is 10.1 Å². The Morgan fingerprint density at radius 1 is 1.62 bits per heavy atom. The summed E-state index contributed by atoms with van der Waals surface area (Å²) in [7, 11) is 0. The van der Waals surface area contributed by atoms with Gasteiger partial charge in [0.15, 0.2) is 0 Å². The Kier molecular flexibility index (Phi) is 4.70. The van der Waals surface area contributed by atoms with Crippen LogP contribution in [0.25, 0.3) is 0 Å². The lowest BCUT2D eigenvalue weighted by molar-refractivity contribution is -0.113. The predicted octanol–water partition coefficient (Wildman–Crippen LogP) is 1.76. The van der Waals surface area contributed by atoms with Crippen molar-refractivity contribution in [2.75, 3.05) is 17.3 Å². The number of amides is 1. The zero-order valence-electron chi connectivity index (χ0n) is 8.62. The van der Waals surface area contributed by atoms with Gasteiger partial charge in [0.25, 0.3) is 0 Å². The molecule has 0 spiro atoms. The highest BCUT2D eigenvalue weighted by Crippen LogP contribution is 2.19. The molecule has 6 heteroatoms. The van der Waals surface area contributed by atoms with E-state index >= 15 is 0 Å². The lowest BCUT2D eigenvalue weighted by atomic mass is 10.1. The molecule has 0 saturated heterocycles. The average Bonchev–Trinajstić information content (AvgIpc) is 2.17. The van der Waals surface area contributed by atoms with Crippen LogP contribution in [0.2, 0.25) is 0 Å². The van der Waals surface area contributed by atoms with Gasteiger partial charge in [0.1, 0.15) is 10.8 Å². The fourth-order valence-electron chi connectivity index (χ4n) is 1.20. The molecule has 1 aromatic rings. The van der Waals surface area contributed by atoms with E-state index in [9.17, 15) is 9.18 Å². The van der Waals surface area contributed by atoms with E-state index in [2.05, 4.69) is 5.32 Å². The van der Waals surface area contributed by atoms with E-state index in [-0.39, 0.29) is 16.5 Å². The first-order valence-electron chi connectivity index (χ1n) is 4.43. The molecular formula is C10H11FN2OS2. The minimum Gasteiger partial charge on any atom is -0.389 e. The summed E-state index contributed by atoms with van der Waals surface area (Å²) in [5.74, 6) is -0.446. The van der Waals surface area contributed by atoms with E-state index in [1.54, 1.807) is 12.3 Å². The summed E-state index contributed by atoms with van der Waals surface area (Å²) in [5, 5.41) is 2.57. The molecule has 0 fully saturated rings. The van der Waals surface area contributed by atoms with Crippen LogP contribution in [0.15, 0.2) is 18.2 Å². The number of nitrogens with two attached hydrogens (primary N) is 1. The Labute approximate surface area is 103 Å². The van der Waals surface area contributed by atoms with Gasteiger partial charge in [-0.2, -0.15) is 11.8 Å². The maximum Gasteiger partial charge on any atom is 0.234 e. The van der Waals surface area contributed by atoms with Crippen LogP contribution >= 0.6 is 24.0 Å². The molecule has 0 aliphatic rings. The predicted molar refractivity (Wildman–Crippen MR) is 69.3 cm³/mol. The van der Waals surface area contributed by atoms with E-state index in [0.29, 0.717) is 11.4 Å². The molecule has 0 saturated carbocycles. The molecule has 0 unspecified atom stereocenters. The van der Waals surface area contributed by atoms with Crippen LogP contribution in [0.3, 0.4) is 0 Å². The number of halogens is 1. The highest BCUT2D eigenvalue weighted by atomic mass is 32.2. The van der Waals surface area contributed by atoms with Crippen LogP contribution in [-0.2, 0) is 4.79 Å². The fraction of sp³-hybridized carbons (Fsp3) is 0.200. The minimum absolute atomic E-state index is 0.0717. The number of hydrogen-bond donors (Lipinski definition) is 2. The summed E-state index contributed by atoms with van der Waals surface area (Å²) in [6.45, 7) is 0. The molecule has 1 amide bonds. The molecule has 0 aliphatic carbocycles. The Hall–Kier alpha value is -1.14. The standard InChI is InChI=1S/C10H11FN2OS2/c1-16-5-8(14)13-7-4-2-3-6(11)9(7)10(12)15/h2-4H,5H2,1H3,(H2,12,15)(H,13,14).